The van der Waals surface area contributed by atoms with Gasteiger partial charge < -0.3 is 9.64 Å². The van der Waals surface area contributed by atoms with Crippen LogP contribution in [0.2, 0.25) is 0 Å². The molecule has 0 radical (unpaired) electrons. The Kier molecular flexibility index (Phi) is 3.50. The minimum absolute atomic E-state index is 0.0174. The molecule has 3 nitrogen and oxygen atoms in total. The predicted molar refractivity (Wildman–Crippen MR) is 69.1 cm³/mol. The van der Waals surface area contributed by atoms with Crippen LogP contribution in [0.15, 0.2) is 18.3 Å². The highest BCUT2D eigenvalue weighted by molar-refractivity contribution is 9.08. The Morgan fingerprint density at radius 1 is 1.56 bits per heavy atom. The average molecular weight is 285 g/mol. The summed E-state index contributed by atoms with van der Waals surface area (Å²) >= 11 is 3.51. The average Bonchev–Trinajstić information content (AvgIpc) is 2.28. The summed E-state index contributed by atoms with van der Waals surface area (Å²) in [6.45, 7) is 6.83. The van der Waals surface area contributed by atoms with Crippen molar-refractivity contribution >= 4 is 21.7 Å². The number of hydrogen-bond donors (Lipinski definition) is 0. The third-order valence-corrected chi connectivity index (χ3v) is 3.52. The maximum atomic E-state index is 5.53. The Labute approximate surface area is 105 Å². The molecule has 1 aliphatic heterocycles. The van der Waals surface area contributed by atoms with E-state index in [1.807, 2.05) is 12.3 Å². The van der Waals surface area contributed by atoms with E-state index >= 15 is 0 Å². The van der Waals surface area contributed by atoms with Gasteiger partial charge in [0.2, 0.25) is 0 Å². The van der Waals surface area contributed by atoms with Crippen LogP contribution in [0.25, 0.3) is 0 Å². The largest absolute Gasteiger partial charge is 0.377 e. The number of morpholine rings is 1. The fourth-order valence-corrected chi connectivity index (χ4v) is 2.47. The zero-order valence-electron chi connectivity index (χ0n) is 9.74. The molecule has 88 valence electrons. The lowest BCUT2D eigenvalue weighted by atomic mass is 10.0. The van der Waals surface area contributed by atoms with Crippen LogP contribution in [0.3, 0.4) is 0 Å². The molecule has 1 aliphatic rings. The summed E-state index contributed by atoms with van der Waals surface area (Å²) in [5, 5.41) is 0.837. The smallest absolute Gasteiger partial charge is 0.133 e. The molecule has 4 heteroatoms. The first-order chi connectivity index (χ1) is 7.65. The zero-order chi connectivity index (χ0) is 11.6. The number of anilines is 1. The normalized spacial score (nSPS) is 19.8. The van der Waals surface area contributed by atoms with Crippen molar-refractivity contribution in [2.75, 3.05) is 24.7 Å². The predicted octanol–water partition coefficient (Wildman–Crippen LogP) is 2.59. The molecule has 0 bridgehead atoms. The third kappa shape index (κ3) is 2.23. The number of pyridine rings is 1. The van der Waals surface area contributed by atoms with Gasteiger partial charge in [-0.2, -0.15) is 0 Å². The summed E-state index contributed by atoms with van der Waals surface area (Å²) in [6.07, 6.45) is 1.85. The van der Waals surface area contributed by atoms with Gasteiger partial charge in [0.15, 0.2) is 0 Å². The Bertz CT molecular complexity index is 368. The van der Waals surface area contributed by atoms with Gasteiger partial charge in [-0.15, -0.1) is 0 Å². The summed E-state index contributed by atoms with van der Waals surface area (Å²) in [5.41, 5.74) is 1.25. The van der Waals surface area contributed by atoms with Crippen LogP contribution in [0.5, 0.6) is 0 Å². The second-order valence-corrected chi connectivity index (χ2v) is 5.20. The molecule has 0 aromatic carbocycles. The SMILES string of the molecule is CC1(C)COCCN1c1ncccc1CBr. The molecule has 0 spiro atoms. The molecule has 0 amide bonds. The van der Waals surface area contributed by atoms with E-state index in [4.69, 9.17) is 4.74 Å². The summed E-state index contributed by atoms with van der Waals surface area (Å²) in [6, 6.07) is 4.09. The molecule has 1 fully saturated rings. The monoisotopic (exact) mass is 284 g/mol. The minimum Gasteiger partial charge on any atom is -0.377 e. The highest BCUT2D eigenvalue weighted by Crippen LogP contribution is 2.28. The van der Waals surface area contributed by atoms with Crippen molar-refractivity contribution in [2.24, 2.45) is 0 Å². The lowest BCUT2D eigenvalue weighted by Crippen LogP contribution is -2.53. The fraction of sp³-hybridized carbons (Fsp3) is 0.583. The van der Waals surface area contributed by atoms with Crippen molar-refractivity contribution in [3.8, 4) is 0 Å². The van der Waals surface area contributed by atoms with E-state index in [0.29, 0.717) is 0 Å². The quantitative estimate of drug-likeness (QED) is 0.781. The van der Waals surface area contributed by atoms with E-state index in [-0.39, 0.29) is 5.54 Å². The first kappa shape index (κ1) is 11.9. The number of aromatic nitrogens is 1. The first-order valence-corrected chi connectivity index (χ1v) is 6.62. The maximum Gasteiger partial charge on any atom is 0.133 e. The standard InChI is InChI=1S/C12H17BrN2O/c1-12(2)9-16-7-6-15(12)11-10(8-13)4-3-5-14-11/h3-5H,6-9H2,1-2H3. The van der Waals surface area contributed by atoms with Crippen molar-refractivity contribution in [2.45, 2.75) is 24.7 Å². The first-order valence-electron chi connectivity index (χ1n) is 5.50. The summed E-state index contributed by atoms with van der Waals surface area (Å²) in [5.74, 6) is 1.08. The minimum atomic E-state index is 0.0174. The van der Waals surface area contributed by atoms with Gasteiger partial charge in [0.1, 0.15) is 5.82 Å². The molecular formula is C12H17BrN2O. The molecule has 2 heterocycles. The zero-order valence-corrected chi connectivity index (χ0v) is 11.3. The number of alkyl halides is 1. The Hall–Kier alpha value is -0.610. The molecule has 2 rings (SSSR count). The van der Waals surface area contributed by atoms with Crippen LogP contribution in [-0.4, -0.2) is 30.3 Å². The van der Waals surface area contributed by atoms with Gasteiger partial charge in [-0.3, -0.25) is 0 Å². The van der Waals surface area contributed by atoms with Gasteiger partial charge in [0.25, 0.3) is 0 Å². The van der Waals surface area contributed by atoms with Gasteiger partial charge in [0.05, 0.1) is 18.8 Å². The fourth-order valence-electron chi connectivity index (χ4n) is 2.03. The van der Waals surface area contributed by atoms with Gasteiger partial charge in [0, 0.05) is 23.6 Å². The summed E-state index contributed by atoms with van der Waals surface area (Å²) in [7, 11) is 0. The molecule has 0 aliphatic carbocycles. The molecule has 1 saturated heterocycles. The van der Waals surface area contributed by atoms with Gasteiger partial charge in [-0.25, -0.2) is 4.98 Å². The molecule has 1 aromatic heterocycles. The van der Waals surface area contributed by atoms with Crippen molar-refractivity contribution in [3.05, 3.63) is 23.9 Å². The van der Waals surface area contributed by atoms with Crippen molar-refractivity contribution in [3.63, 3.8) is 0 Å². The van der Waals surface area contributed by atoms with E-state index in [0.717, 1.165) is 30.9 Å². The van der Waals surface area contributed by atoms with E-state index in [1.165, 1.54) is 5.56 Å². The molecule has 1 aromatic rings. The van der Waals surface area contributed by atoms with Crippen molar-refractivity contribution < 1.29 is 4.74 Å². The van der Waals surface area contributed by atoms with E-state index in [2.05, 4.69) is 45.7 Å². The summed E-state index contributed by atoms with van der Waals surface area (Å²) in [4.78, 5) is 6.85. The lowest BCUT2D eigenvalue weighted by molar-refractivity contribution is 0.0638. The van der Waals surface area contributed by atoms with Crippen LogP contribution in [0, 0.1) is 0 Å². The Morgan fingerprint density at radius 2 is 2.38 bits per heavy atom. The Morgan fingerprint density at radius 3 is 3.06 bits per heavy atom. The second kappa shape index (κ2) is 4.72. The number of ether oxygens (including phenoxy) is 1. The van der Waals surface area contributed by atoms with E-state index in [1.54, 1.807) is 0 Å². The van der Waals surface area contributed by atoms with Gasteiger partial charge >= 0.3 is 0 Å². The number of hydrogen-bond acceptors (Lipinski definition) is 3. The number of rotatable bonds is 2. The highest BCUT2D eigenvalue weighted by Gasteiger charge is 2.32. The third-order valence-electron chi connectivity index (χ3n) is 2.91. The van der Waals surface area contributed by atoms with Crippen LogP contribution >= 0.6 is 15.9 Å². The lowest BCUT2D eigenvalue weighted by Gasteiger charge is -2.43. The number of halogens is 1. The molecular weight excluding hydrogens is 268 g/mol. The molecule has 0 saturated carbocycles. The topological polar surface area (TPSA) is 25.4 Å². The molecule has 0 N–H and O–H groups in total. The van der Waals surface area contributed by atoms with Crippen LogP contribution < -0.4 is 4.90 Å². The Balaban J connectivity index is 2.34. The van der Waals surface area contributed by atoms with Crippen LogP contribution in [0.1, 0.15) is 19.4 Å². The van der Waals surface area contributed by atoms with Gasteiger partial charge in [-0.05, 0) is 19.9 Å². The second-order valence-electron chi connectivity index (χ2n) is 4.64. The molecule has 16 heavy (non-hydrogen) atoms. The van der Waals surface area contributed by atoms with E-state index < -0.39 is 0 Å². The number of nitrogens with zero attached hydrogens (tertiary/aromatic N) is 2. The maximum absolute atomic E-state index is 5.53. The van der Waals surface area contributed by atoms with Gasteiger partial charge in [-0.1, -0.05) is 22.0 Å². The summed E-state index contributed by atoms with van der Waals surface area (Å²) < 4.78 is 5.53. The van der Waals surface area contributed by atoms with E-state index in [9.17, 15) is 0 Å². The molecule has 0 unspecified atom stereocenters. The molecule has 0 atom stereocenters. The van der Waals surface area contributed by atoms with Crippen LogP contribution in [-0.2, 0) is 10.1 Å². The highest BCUT2D eigenvalue weighted by atomic mass is 79.9. The van der Waals surface area contributed by atoms with Crippen molar-refractivity contribution in [1.82, 2.24) is 4.98 Å². The van der Waals surface area contributed by atoms with Crippen molar-refractivity contribution in [1.29, 1.82) is 0 Å². The van der Waals surface area contributed by atoms with Crippen LogP contribution in [0.4, 0.5) is 5.82 Å².